The maximum Gasteiger partial charge on any atom is 0.261 e. The van der Waals surface area contributed by atoms with Crippen LogP contribution in [-0.4, -0.2) is 34.3 Å². The third-order valence-corrected chi connectivity index (χ3v) is 5.10. The van der Waals surface area contributed by atoms with Crippen LogP contribution in [0.3, 0.4) is 0 Å². The fourth-order valence-electron chi connectivity index (χ4n) is 3.29. The highest BCUT2D eigenvalue weighted by Gasteiger charge is 2.42. The van der Waals surface area contributed by atoms with Gasteiger partial charge in [0, 0.05) is 21.9 Å². The van der Waals surface area contributed by atoms with Crippen molar-refractivity contribution in [3.63, 3.8) is 0 Å². The Morgan fingerprint density at radius 1 is 1.35 bits per heavy atom. The third-order valence-electron chi connectivity index (χ3n) is 4.12. The van der Waals surface area contributed by atoms with Crippen LogP contribution in [0.4, 0.5) is 0 Å². The van der Waals surface area contributed by atoms with Gasteiger partial charge in [-0.25, -0.2) is 0 Å². The topological polar surface area (TPSA) is 29.5 Å². The van der Waals surface area contributed by atoms with Gasteiger partial charge in [-0.3, -0.25) is 4.79 Å². The molecule has 2 atom stereocenters. The van der Waals surface area contributed by atoms with Gasteiger partial charge < -0.3 is 9.64 Å². The molecule has 108 valence electrons. The normalized spacial score (nSPS) is 28.5. The molecule has 0 aliphatic carbocycles. The quantitative estimate of drug-likeness (QED) is 0.772. The lowest BCUT2D eigenvalue weighted by Crippen LogP contribution is -2.48. The monoisotopic (exact) mass is 357 g/mol. The molecular formula is C15H17BrClNO2. The number of carbonyl (C=O) groups excluding carboxylic acids is 1. The van der Waals surface area contributed by atoms with Crippen LogP contribution in [0, 0.1) is 0 Å². The molecule has 3 nitrogen and oxygen atoms in total. The first-order valence-electron chi connectivity index (χ1n) is 6.97. The lowest BCUT2D eigenvalue weighted by Gasteiger charge is -2.37. The Bertz CT molecular complexity index is 496. The van der Waals surface area contributed by atoms with Crippen LogP contribution < -0.4 is 4.74 Å². The predicted octanol–water partition coefficient (Wildman–Crippen LogP) is 3.64. The van der Waals surface area contributed by atoms with Crippen LogP contribution in [0.25, 0.3) is 0 Å². The van der Waals surface area contributed by atoms with Gasteiger partial charge >= 0.3 is 0 Å². The van der Waals surface area contributed by atoms with E-state index < -0.39 is 0 Å². The number of fused-ring (bicyclic) bond motifs is 2. The second-order valence-electron chi connectivity index (χ2n) is 5.50. The molecule has 0 saturated carbocycles. The Kier molecular flexibility index (Phi) is 4.22. The minimum absolute atomic E-state index is 0.0943. The number of alkyl halides is 1. The molecule has 2 saturated heterocycles. The number of benzene rings is 1. The molecule has 3 rings (SSSR count). The fourth-order valence-corrected chi connectivity index (χ4v) is 4.34. The number of hydrogen-bond donors (Lipinski definition) is 0. The SMILES string of the molecule is O=C(COc1cccc(Cl)c1)N1C2CCC1CC(Br)C2. The highest BCUT2D eigenvalue weighted by Crippen LogP contribution is 2.38. The summed E-state index contributed by atoms with van der Waals surface area (Å²) in [5.74, 6) is 0.741. The zero-order chi connectivity index (χ0) is 14.1. The molecule has 1 aromatic carbocycles. The van der Waals surface area contributed by atoms with E-state index in [1.807, 2.05) is 17.0 Å². The van der Waals surface area contributed by atoms with Gasteiger partial charge in [0.15, 0.2) is 6.61 Å². The standard InChI is InChI=1S/C15H17BrClNO2/c16-10-6-12-4-5-13(7-10)18(12)15(19)9-20-14-3-1-2-11(17)8-14/h1-3,8,10,12-13H,4-7,9H2. The van der Waals surface area contributed by atoms with E-state index in [9.17, 15) is 4.79 Å². The second kappa shape index (κ2) is 5.94. The molecular weight excluding hydrogens is 342 g/mol. The summed E-state index contributed by atoms with van der Waals surface area (Å²) in [6.45, 7) is 0.0975. The van der Waals surface area contributed by atoms with Gasteiger partial charge in [0.05, 0.1) is 0 Å². The molecule has 0 aromatic heterocycles. The summed E-state index contributed by atoms with van der Waals surface area (Å²) < 4.78 is 5.57. The molecule has 20 heavy (non-hydrogen) atoms. The van der Waals surface area contributed by atoms with E-state index >= 15 is 0 Å². The Balaban J connectivity index is 1.60. The molecule has 2 fully saturated rings. The molecule has 2 bridgehead atoms. The van der Waals surface area contributed by atoms with Gasteiger partial charge in [-0.2, -0.15) is 0 Å². The Labute approximate surface area is 132 Å². The number of amides is 1. The first kappa shape index (κ1) is 14.2. The van der Waals surface area contributed by atoms with Gasteiger partial charge in [-0.05, 0) is 43.9 Å². The molecule has 1 amide bonds. The highest BCUT2D eigenvalue weighted by atomic mass is 79.9. The molecule has 2 heterocycles. The molecule has 5 heteroatoms. The minimum atomic E-state index is 0.0943. The van der Waals surface area contributed by atoms with Crippen molar-refractivity contribution < 1.29 is 9.53 Å². The molecule has 2 unspecified atom stereocenters. The highest BCUT2D eigenvalue weighted by molar-refractivity contribution is 9.09. The van der Waals surface area contributed by atoms with E-state index in [1.165, 1.54) is 0 Å². The summed E-state index contributed by atoms with van der Waals surface area (Å²) in [7, 11) is 0. The summed E-state index contributed by atoms with van der Waals surface area (Å²) in [5, 5.41) is 0.620. The second-order valence-corrected chi connectivity index (χ2v) is 7.23. The van der Waals surface area contributed by atoms with Crippen LogP contribution in [0.1, 0.15) is 25.7 Å². The van der Waals surface area contributed by atoms with E-state index in [4.69, 9.17) is 16.3 Å². The van der Waals surface area contributed by atoms with Gasteiger partial charge in [-0.15, -0.1) is 0 Å². The first-order valence-corrected chi connectivity index (χ1v) is 8.26. The summed E-state index contributed by atoms with van der Waals surface area (Å²) in [5.41, 5.74) is 0. The van der Waals surface area contributed by atoms with E-state index in [0.29, 0.717) is 27.7 Å². The summed E-state index contributed by atoms with van der Waals surface area (Å²) in [6.07, 6.45) is 4.35. The van der Waals surface area contributed by atoms with Crippen LogP contribution >= 0.6 is 27.5 Å². The molecule has 2 aliphatic rings. The molecule has 0 N–H and O–H groups in total. The fraction of sp³-hybridized carbons (Fsp3) is 0.533. The van der Waals surface area contributed by atoms with Gasteiger partial charge in [0.1, 0.15) is 5.75 Å². The Hall–Kier alpha value is -0.740. The Morgan fingerprint density at radius 3 is 2.70 bits per heavy atom. The number of hydrogen-bond acceptors (Lipinski definition) is 2. The summed E-state index contributed by atoms with van der Waals surface area (Å²) in [6, 6.07) is 7.92. The van der Waals surface area contributed by atoms with Crippen molar-refractivity contribution in [2.24, 2.45) is 0 Å². The number of ether oxygens (including phenoxy) is 1. The van der Waals surface area contributed by atoms with Crippen molar-refractivity contribution in [3.05, 3.63) is 29.3 Å². The largest absolute Gasteiger partial charge is 0.484 e. The average Bonchev–Trinajstić information content (AvgIpc) is 2.68. The molecule has 2 aliphatic heterocycles. The van der Waals surface area contributed by atoms with E-state index in [0.717, 1.165) is 25.7 Å². The maximum atomic E-state index is 12.4. The first-order chi connectivity index (χ1) is 9.63. The van der Waals surface area contributed by atoms with Crippen molar-refractivity contribution in [2.75, 3.05) is 6.61 Å². The zero-order valence-electron chi connectivity index (χ0n) is 11.1. The summed E-state index contributed by atoms with van der Waals surface area (Å²) >= 11 is 9.59. The lowest BCUT2D eigenvalue weighted by atomic mass is 10.0. The van der Waals surface area contributed by atoms with Crippen LogP contribution in [0.15, 0.2) is 24.3 Å². The van der Waals surface area contributed by atoms with Crippen LogP contribution in [-0.2, 0) is 4.79 Å². The van der Waals surface area contributed by atoms with Crippen molar-refractivity contribution >= 4 is 33.4 Å². The number of halogens is 2. The van der Waals surface area contributed by atoms with Crippen molar-refractivity contribution in [3.8, 4) is 5.75 Å². The molecule has 1 aromatic rings. The average molecular weight is 359 g/mol. The maximum absolute atomic E-state index is 12.4. The van der Waals surface area contributed by atoms with Gasteiger partial charge in [0.25, 0.3) is 5.91 Å². The third kappa shape index (κ3) is 2.96. The van der Waals surface area contributed by atoms with Gasteiger partial charge in [0.2, 0.25) is 0 Å². The van der Waals surface area contributed by atoms with Crippen molar-refractivity contribution in [1.82, 2.24) is 4.90 Å². The van der Waals surface area contributed by atoms with Crippen molar-refractivity contribution in [1.29, 1.82) is 0 Å². The number of nitrogens with zero attached hydrogens (tertiary/aromatic N) is 1. The van der Waals surface area contributed by atoms with E-state index in [-0.39, 0.29) is 12.5 Å². The number of carbonyl (C=O) groups is 1. The van der Waals surface area contributed by atoms with Crippen molar-refractivity contribution in [2.45, 2.75) is 42.6 Å². The van der Waals surface area contributed by atoms with Crippen LogP contribution in [0.5, 0.6) is 5.75 Å². The Morgan fingerprint density at radius 2 is 2.05 bits per heavy atom. The smallest absolute Gasteiger partial charge is 0.261 e. The molecule has 0 spiro atoms. The predicted molar refractivity (Wildman–Crippen MR) is 82.6 cm³/mol. The summed E-state index contributed by atoms with van der Waals surface area (Å²) in [4.78, 5) is 15.0. The minimum Gasteiger partial charge on any atom is -0.484 e. The zero-order valence-corrected chi connectivity index (χ0v) is 13.4. The number of rotatable bonds is 3. The number of piperidine rings is 1. The lowest BCUT2D eigenvalue weighted by molar-refractivity contribution is -0.137. The van der Waals surface area contributed by atoms with Crippen LogP contribution in [0.2, 0.25) is 5.02 Å². The van der Waals surface area contributed by atoms with Gasteiger partial charge in [-0.1, -0.05) is 33.6 Å². The van der Waals surface area contributed by atoms with E-state index in [1.54, 1.807) is 12.1 Å². The van der Waals surface area contributed by atoms with E-state index in [2.05, 4.69) is 15.9 Å². The molecule has 0 radical (unpaired) electrons.